The smallest absolute Gasteiger partial charge is 0.250 e. The van der Waals surface area contributed by atoms with Gasteiger partial charge in [0, 0.05) is 41.9 Å². The Balaban J connectivity index is 1.72. The first kappa shape index (κ1) is 18.4. The molecule has 2 aromatic carbocycles. The number of para-hydroxylation sites is 1. The molecular weight excluding hydrogens is 360 g/mol. The Morgan fingerprint density at radius 3 is 2.34 bits per heavy atom. The molecule has 4 rings (SSSR count). The fraction of sp³-hybridized carbons (Fsp3) is 0.0417. The van der Waals surface area contributed by atoms with E-state index in [1.165, 1.54) is 0 Å². The van der Waals surface area contributed by atoms with E-state index in [2.05, 4.69) is 28.5 Å². The second-order valence-electron chi connectivity index (χ2n) is 6.60. The number of nitrogens with one attached hydrogen (secondary N) is 1. The quantitative estimate of drug-likeness (QED) is 0.515. The monoisotopic (exact) mass is 380 g/mol. The Hall–Kier alpha value is -3.99. The van der Waals surface area contributed by atoms with Crippen molar-refractivity contribution < 1.29 is 4.79 Å². The predicted octanol–water partition coefficient (Wildman–Crippen LogP) is 4.52. The molecule has 3 N–H and O–H groups in total. The number of rotatable bonds is 6. The lowest BCUT2D eigenvalue weighted by Gasteiger charge is -2.14. The normalized spacial score (nSPS) is 10.5. The Bertz CT molecular complexity index is 1130. The minimum Gasteiger partial charge on any atom is -0.380 e. The zero-order valence-corrected chi connectivity index (χ0v) is 15.7. The van der Waals surface area contributed by atoms with Crippen molar-refractivity contribution in [2.45, 2.75) is 6.54 Å². The van der Waals surface area contributed by atoms with E-state index in [1.54, 1.807) is 24.5 Å². The standard InChI is InChI=1S/C24H20N4O/c25-24(29)21-8-4-5-9-22(21)27-16-20-14-19(17-6-2-1-3-7-17)15-28-23(20)18-10-12-26-13-11-18/h1-15,27H,16H2,(H2,25,29). The number of aromatic nitrogens is 2. The van der Waals surface area contributed by atoms with E-state index < -0.39 is 5.91 Å². The largest absolute Gasteiger partial charge is 0.380 e. The van der Waals surface area contributed by atoms with Gasteiger partial charge in [-0.2, -0.15) is 0 Å². The van der Waals surface area contributed by atoms with E-state index in [0.29, 0.717) is 17.8 Å². The van der Waals surface area contributed by atoms with E-state index in [0.717, 1.165) is 27.9 Å². The number of carbonyl (C=O) groups excluding carboxylic acids is 1. The number of nitrogens with zero attached hydrogens (tertiary/aromatic N) is 2. The number of hydrogen-bond donors (Lipinski definition) is 2. The molecular formula is C24H20N4O. The molecule has 29 heavy (non-hydrogen) atoms. The Morgan fingerprint density at radius 2 is 1.59 bits per heavy atom. The molecule has 0 saturated carbocycles. The predicted molar refractivity (Wildman–Crippen MR) is 115 cm³/mol. The van der Waals surface area contributed by atoms with E-state index >= 15 is 0 Å². The van der Waals surface area contributed by atoms with Crippen molar-refractivity contribution in [3.05, 3.63) is 103 Å². The van der Waals surface area contributed by atoms with Crippen molar-refractivity contribution >= 4 is 11.6 Å². The highest BCUT2D eigenvalue weighted by Crippen LogP contribution is 2.27. The van der Waals surface area contributed by atoms with Gasteiger partial charge in [-0.1, -0.05) is 42.5 Å². The minimum absolute atomic E-state index is 0.460. The summed E-state index contributed by atoms with van der Waals surface area (Å²) in [7, 11) is 0. The highest BCUT2D eigenvalue weighted by molar-refractivity contribution is 5.98. The van der Waals surface area contributed by atoms with Gasteiger partial charge in [0.15, 0.2) is 0 Å². The van der Waals surface area contributed by atoms with Gasteiger partial charge < -0.3 is 11.1 Å². The molecule has 0 bridgehead atoms. The number of anilines is 1. The first-order chi connectivity index (χ1) is 14.2. The first-order valence-corrected chi connectivity index (χ1v) is 9.30. The summed E-state index contributed by atoms with van der Waals surface area (Å²) in [4.78, 5) is 20.6. The fourth-order valence-corrected chi connectivity index (χ4v) is 3.25. The van der Waals surface area contributed by atoms with Gasteiger partial charge in [0.25, 0.3) is 5.91 Å². The Morgan fingerprint density at radius 1 is 0.862 bits per heavy atom. The molecule has 0 radical (unpaired) electrons. The molecule has 0 aliphatic heterocycles. The van der Waals surface area contributed by atoms with Crippen LogP contribution in [0.25, 0.3) is 22.4 Å². The van der Waals surface area contributed by atoms with Gasteiger partial charge in [-0.15, -0.1) is 0 Å². The molecule has 0 spiro atoms. The van der Waals surface area contributed by atoms with Crippen LogP contribution < -0.4 is 11.1 Å². The number of benzene rings is 2. The SMILES string of the molecule is NC(=O)c1ccccc1NCc1cc(-c2ccccc2)cnc1-c1ccncc1. The Labute approximate surface area is 169 Å². The van der Waals surface area contributed by atoms with Crippen LogP contribution in [0.5, 0.6) is 0 Å². The third-order valence-electron chi connectivity index (χ3n) is 4.69. The van der Waals surface area contributed by atoms with Gasteiger partial charge in [0.05, 0.1) is 11.3 Å². The number of nitrogens with two attached hydrogens (primary N) is 1. The molecule has 0 unspecified atom stereocenters. The molecule has 4 aromatic rings. The summed E-state index contributed by atoms with van der Waals surface area (Å²) in [5.41, 5.74) is 11.7. The van der Waals surface area contributed by atoms with Gasteiger partial charge in [-0.25, -0.2) is 0 Å². The zero-order valence-electron chi connectivity index (χ0n) is 15.7. The van der Waals surface area contributed by atoms with Crippen LogP contribution in [0.3, 0.4) is 0 Å². The van der Waals surface area contributed by atoms with Crippen molar-refractivity contribution in [2.75, 3.05) is 5.32 Å². The summed E-state index contributed by atoms with van der Waals surface area (Å²) in [6.07, 6.45) is 5.38. The lowest BCUT2D eigenvalue weighted by Crippen LogP contribution is -2.14. The van der Waals surface area contributed by atoms with Crippen molar-refractivity contribution in [1.29, 1.82) is 0 Å². The molecule has 5 heteroatoms. The van der Waals surface area contributed by atoms with Crippen molar-refractivity contribution in [3.8, 4) is 22.4 Å². The van der Waals surface area contributed by atoms with Crippen LogP contribution in [0.15, 0.2) is 91.4 Å². The van der Waals surface area contributed by atoms with E-state index in [1.807, 2.05) is 48.7 Å². The van der Waals surface area contributed by atoms with Gasteiger partial charge in [0.2, 0.25) is 0 Å². The summed E-state index contributed by atoms with van der Waals surface area (Å²) in [5.74, 6) is -0.460. The zero-order chi connectivity index (χ0) is 20.1. The second-order valence-corrected chi connectivity index (χ2v) is 6.60. The lowest BCUT2D eigenvalue weighted by molar-refractivity contribution is 0.100. The summed E-state index contributed by atoms with van der Waals surface area (Å²) < 4.78 is 0. The molecule has 0 aliphatic rings. The topological polar surface area (TPSA) is 80.9 Å². The van der Waals surface area contributed by atoms with Crippen molar-refractivity contribution in [3.63, 3.8) is 0 Å². The summed E-state index contributed by atoms with van der Waals surface area (Å²) >= 11 is 0. The van der Waals surface area contributed by atoms with Crippen LogP contribution in [0, 0.1) is 0 Å². The molecule has 0 fully saturated rings. The van der Waals surface area contributed by atoms with Gasteiger partial charge in [-0.3, -0.25) is 14.8 Å². The molecule has 0 saturated heterocycles. The number of carbonyl (C=O) groups is 1. The molecule has 5 nitrogen and oxygen atoms in total. The summed E-state index contributed by atoms with van der Waals surface area (Å²) in [6, 6.07) is 23.3. The third-order valence-corrected chi connectivity index (χ3v) is 4.69. The fourth-order valence-electron chi connectivity index (χ4n) is 3.25. The van der Waals surface area contributed by atoms with E-state index in [4.69, 9.17) is 10.7 Å². The van der Waals surface area contributed by atoms with Crippen LogP contribution >= 0.6 is 0 Å². The number of amides is 1. The molecule has 0 aliphatic carbocycles. The van der Waals surface area contributed by atoms with Crippen LogP contribution in [-0.4, -0.2) is 15.9 Å². The van der Waals surface area contributed by atoms with Crippen LogP contribution in [0.1, 0.15) is 15.9 Å². The number of pyridine rings is 2. The van der Waals surface area contributed by atoms with Crippen LogP contribution in [-0.2, 0) is 6.54 Å². The number of hydrogen-bond acceptors (Lipinski definition) is 4. The molecule has 1 amide bonds. The molecule has 0 atom stereocenters. The Kier molecular flexibility index (Phi) is 5.29. The average molecular weight is 380 g/mol. The van der Waals surface area contributed by atoms with Crippen LogP contribution in [0.4, 0.5) is 5.69 Å². The van der Waals surface area contributed by atoms with Gasteiger partial charge in [0.1, 0.15) is 0 Å². The van der Waals surface area contributed by atoms with E-state index in [9.17, 15) is 4.79 Å². The highest BCUT2D eigenvalue weighted by Gasteiger charge is 2.12. The molecule has 142 valence electrons. The maximum absolute atomic E-state index is 11.7. The molecule has 2 heterocycles. The van der Waals surface area contributed by atoms with Crippen LogP contribution in [0.2, 0.25) is 0 Å². The van der Waals surface area contributed by atoms with Gasteiger partial charge >= 0.3 is 0 Å². The number of primary amides is 1. The lowest BCUT2D eigenvalue weighted by atomic mass is 10.0. The van der Waals surface area contributed by atoms with Crippen molar-refractivity contribution in [1.82, 2.24) is 9.97 Å². The maximum Gasteiger partial charge on any atom is 0.250 e. The average Bonchev–Trinajstić information content (AvgIpc) is 2.79. The summed E-state index contributed by atoms with van der Waals surface area (Å²) in [5, 5.41) is 3.34. The summed E-state index contributed by atoms with van der Waals surface area (Å²) in [6.45, 7) is 0.496. The maximum atomic E-state index is 11.7. The highest BCUT2D eigenvalue weighted by atomic mass is 16.1. The second kappa shape index (κ2) is 8.35. The first-order valence-electron chi connectivity index (χ1n) is 9.30. The van der Waals surface area contributed by atoms with Crippen molar-refractivity contribution in [2.24, 2.45) is 5.73 Å². The van der Waals surface area contributed by atoms with E-state index in [-0.39, 0.29) is 0 Å². The van der Waals surface area contributed by atoms with Gasteiger partial charge in [-0.05, 0) is 41.5 Å². The third kappa shape index (κ3) is 4.14. The minimum atomic E-state index is -0.460. The molecule has 2 aromatic heterocycles.